The molecular weight excluding hydrogens is 267 g/mol. The number of hydrogen-bond acceptors (Lipinski definition) is 2. The zero-order chi connectivity index (χ0) is 13.0. The molecular formula is C14H20Cl2N2. The molecule has 1 atom stereocenters. The van der Waals surface area contributed by atoms with Crippen LogP contribution >= 0.6 is 23.2 Å². The van der Waals surface area contributed by atoms with E-state index in [2.05, 4.69) is 17.1 Å². The van der Waals surface area contributed by atoms with Crippen molar-refractivity contribution in [3.05, 3.63) is 33.8 Å². The van der Waals surface area contributed by atoms with Gasteiger partial charge in [0, 0.05) is 29.2 Å². The van der Waals surface area contributed by atoms with E-state index in [0.717, 1.165) is 30.2 Å². The van der Waals surface area contributed by atoms with Crippen LogP contribution < -0.4 is 5.32 Å². The second-order valence-electron chi connectivity index (χ2n) is 4.85. The molecule has 1 unspecified atom stereocenters. The van der Waals surface area contributed by atoms with Crippen LogP contribution in [0.3, 0.4) is 0 Å². The summed E-state index contributed by atoms with van der Waals surface area (Å²) < 4.78 is 0. The minimum Gasteiger partial charge on any atom is -0.309 e. The monoisotopic (exact) mass is 286 g/mol. The summed E-state index contributed by atoms with van der Waals surface area (Å²) in [6, 6.07) is 6.27. The number of likely N-dealkylation sites (tertiary alicyclic amines) is 1. The smallest absolute Gasteiger partial charge is 0.0465 e. The first-order valence-electron chi connectivity index (χ1n) is 6.58. The van der Waals surface area contributed by atoms with Gasteiger partial charge < -0.3 is 10.2 Å². The van der Waals surface area contributed by atoms with Crippen LogP contribution in [0.4, 0.5) is 0 Å². The maximum absolute atomic E-state index is 6.17. The second-order valence-corrected chi connectivity index (χ2v) is 5.69. The third kappa shape index (κ3) is 3.86. The highest BCUT2D eigenvalue weighted by molar-refractivity contribution is 6.35. The third-order valence-corrected chi connectivity index (χ3v) is 4.14. The molecule has 0 saturated carbocycles. The van der Waals surface area contributed by atoms with Gasteiger partial charge in [0.25, 0.3) is 0 Å². The average Bonchev–Trinajstić information content (AvgIpc) is 2.38. The van der Waals surface area contributed by atoms with Gasteiger partial charge in [-0.1, -0.05) is 36.2 Å². The lowest BCUT2D eigenvalue weighted by Gasteiger charge is -2.32. The van der Waals surface area contributed by atoms with Gasteiger partial charge in [-0.25, -0.2) is 0 Å². The Bertz CT molecular complexity index is 395. The van der Waals surface area contributed by atoms with Crippen molar-refractivity contribution in [1.29, 1.82) is 0 Å². The van der Waals surface area contributed by atoms with Crippen LogP contribution in [0.15, 0.2) is 18.2 Å². The molecule has 1 fully saturated rings. The van der Waals surface area contributed by atoms with E-state index in [9.17, 15) is 0 Å². The topological polar surface area (TPSA) is 15.3 Å². The summed E-state index contributed by atoms with van der Waals surface area (Å²) in [5, 5.41) is 5.03. The zero-order valence-corrected chi connectivity index (χ0v) is 12.3. The van der Waals surface area contributed by atoms with Crippen molar-refractivity contribution in [3.8, 4) is 0 Å². The lowest BCUT2D eigenvalue weighted by atomic mass is 10.1. The number of likely N-dealkylation sites (N-methyl/N-ethyl adjacent to an activating group) is 1. The zero-order valence-electron chi connectivity index (χ0n) is 10.8. The number of piperidine rings is 1. The van der Waals surface area contributed by atoms with Gasteiger partial charge in [-0.15, -0.1) is 0 Å². The lowest BCUT2D eigenvalue weighted by Crippen LogP contribution is -2.45. The fourth-order valence-electron chi connectivity index (χ4n) is 2.43. The lowest BCUT2D eigenvalue weighted by molar-refractivity contribution is 0.198. The third-order valence-electron chi connectivity index (χ3n) is 3.55. The molecule has 0 spiro atoms. The first kappa shape index (κ1) is 14.1. The van der Waals surface area contributed by atoms with E-state index >= 15 is 0 Å². The predicted octanol–water partition coefficient (Wildman–Crippen LogP) is 3.57. The van der Waals surface area contributed by atoms with Crippen LogP contribution in [0.1, 0.15) is 25.3 Å². The molecule has 1 aliphatic rings. The van der Waals surface area contributed by atoms with Crippen LogP contribution in [0, 0.1) is 0 Å². The van der Waals surface area contributed by atoms with Crippen LogP contribution in [0.5, 0.6) is 0 Å². The molecule has 1 saturated heterocycles. The number of halogens is 2. The van der Waals surface area contributed by atoms with Crippen LogP contribution in [-0.2, 0) is 6.54 Å². The molecule has 18 heavy (non-hydrogen) atoms. The standard InChI is InChI=1S/C14H20Cl2N2/c1-2-18-7-3-4-13(10-18)17-9-11-5-6-12(15)8-14(11)16/h5-6,8,13,17H,2-4,7,9-10H2,1H3. The molecule has 0 bridgehead atoms. The minimum atomic E-state index is 0.574. The van der Waals surface area contributed by atoms with E-state index in [-0.39, 0.29) is 0 Å². The van der Waals surface area contributed by atoms with Crippen LogP contribution in [0.2, 0.25) is 10.0 Å². The van der Waals surface area contributed by atoms with E-state index in [1.807, 2.05) is 12.1 Å². The SMILES string of the molecule is CCN1CCCC(NCc2ccc(Cl)cc2Cl)C1. The highest BCUT2D eigenvalue weighted by Gasteiger charge is 2.18. The van der Waals surface area contributed by atoms with Gasteiger partial charge in [0.05, 0.1) is 0 Å². The van der Waals surface area contributed by atoms with E-state index in [1.54, 1.807) is 6.07 Å². The Balaban J connectivity index is 1.87. The number of benzene rings is 1. The highest BCUT2D eigenvalue weighted by Crippen LogP contribution is 2.21. The summed E-state index contributed by atoms with van der Waals surface area (Å²) in [5.74, 6) is 0. The van der Waals surface area contributed by atoms with Gasteiger partial charge in [0.2, 0.25) is 0 Å². The molecule has 1 aromatic rings. The molecule has 0 amide bonds. The van der Waals surface area contributed by atoms with Gasteiger partial charge in [0.1, 0.15) is 0 Å². The van der Waals surface area contributed by atoms with Crippen molar-refractivity contribution in [1.82, 2.24) is 10.2 Å². The summed E-state index contributed by atoms with van der Waals surface area (Å²) in [6.45, 7) is 6.55. The Labute approximate surface area is 119 Å². The minimum absolute atomic E-state index is 0.574. The fraction of sp³-hybridized carbons (Fsp3) is 0.571. The average molecular weight is 287 g/mol. The van der Waals surface area contributed by atoms with Crippen molar-refractivity contribution in [2.75, 3.05) is 19.6 Å². The summed E-state index contributed by atoms with van der Waals surface area (Å²) in [7, 11) is 0. The molecule has 4 heteroatoms. The Kier molecular flexibility index (Phi) is 5.31. The van der Waals surface area contributed by atoms with Gasteiger partial charge in [-0.05, 0) is 43.6 Å². The first-order valence-corrected chi connectivity index (χ1v) is 7.34. The van der Waals surface area contributed by atoms with Gasteiger partial charge in [0.15, 0.2) is 0 Å². The maximum Gasteiger partial charge on any atom is 0.0465 e. The molecule has 2 rings (SSSR count). The molecule has 1 aromatic carbocycles. The van der Waals surface area contributed by atoms with Crippen molar-refractivity contribution in [3.63, 3.8) is 0 Å². The fourth-order valence-corrected chi connectivity index (χ4v) is 2.90. The van der Waals surface area contributed by atoms with Crippen LogP contribution in [-0.4, -0.2) is 30.6 Å². The van der Waals surface area contributed by atoms with Gasteiger partial charge >= 0.3 is 0 Å². The summed E-state index contributed by atoms with van der Waals surface area (Å²) >= 11 is 12.1. The Hall–Kier alpha value is -0.280. The summed E-state index contributed by atoms with van der Waals surface area (Å²) in [5.41, 5.74) is 1.12. The van der Waals surface area contributed by atoms with Crippen LogP contribution in [0.25, 0.3) is 0 Å². The van der Waals surface area contributed by atoms with Gasteiger partial charge in [-0.3, -0.25) is 0 Å². The second kappa shape index (κ2) is 6.76. The Morgan fingerprint density at radius 2 is 2.22 bits per heavy atom. The van der Waals surface area contributed by atoms with Gasteiger partial charge in [-0.2, -0.15) is 0 Å². The van der Waals surface area contributed by atoms with Crippen molar-refractivity contribution in [2.24, 2.45) is 0 Å². The summed E-state index contributed by atoms with van der Waals surface area (Å²) in [6.07, 6.45) is 2.53. The highest BCUT2D eigenvalue weighted by atomic mass is 35.5. The molecule has 1 aliphatic heterocycles. The molecule has 2 nitrogen and oxygen atoms in total. The number of hydrogen-bond donors (Lipinski definition) is 1. The molecule has 0 radical (unpaired) electrons. The quantitative estimate of drug-likeness (QED) is 0.910. The molecule has 0 aromatic heterocycles. The molecule has 1 N–H and O–H groups in total. The van der Waals surface area contributed by atoms with Crippen molar-refractivity contribution < 1.29 is 0 Å². The Morgan fingerprint density at radius 1 is 1.39 bits per heavy atom. The largest absolute Gasteiger partial charge is 0.309 e. The maximum atomic E-state index is 6.17. The predicted molar refractivity (Wildman–Crippen MR) is 78.4 cm³/mol. The first-order chi connectivity index (χ1) is 8.69. The molecule has 1 heterocycles. The number of rotatable bonds is 4. The van der Waals surface area contributed by atoms with Crippen molar-refractivity contribution in [2.45, 2.75) is 32.4 Å². The van der Waals surface area contributed by atoms with E-state index in [4.69, 9.17) is 23.2 Å². The Morgan fingerprint density at radius 3 is 2.94 bits per heavy atom. The van der Waals surface area contributed by atoms with E-state index < -0.39 is 0 Å². The molecule has 0 aliphatic carbocycles. The molecule has 100 valence electrons. The number of nitrogens with one attached hydrogen (secondary N) is 1. The van der Waals surface area contributed by atoms with E-state index in [1.165, 1.54) is 19.4 Å². The number of nitrogens with zero attached hydrogens (tertiary/aromatic N) is 1. The normalized spacial score (nSPS) is 21.2. The summed E-state index contributed by atoms with van der Waals surface area (Å²) in [4.78, 5) is 2.49. The van der Waals surface area contributed by atoms with Crippen molar-refractivity contribution >= 4 is 23.2 Å². The van der Waals surface area contributed by atoms with E-state index in [0.29, 0.717) is 11.1 Å².